The van der Waals surface area contributed by atoms with Crippen molar-refractivity contribution < 1.29 is 0 Å². The average Bonchev–Trinajstić information content (AvgIpc) is 3.69. The van der Waals surface area contributed by atoms with Crippen LogP contribution in [-0.2, 0) is 6.42 Å². The molecule has 0 atom stereocenters. The molecule has 5 aromatic rings. The smallest absolute Gasteiger partial charge is 0.206 e. The van der Waals surface area contributed by atoms with E-state index in [2.05, 4.69) is 96.2 Å². The van der Waals surface area contributed by atoms with Crippen LogP contribution in [0.2, 0.25) is 0 Å². The standard InChI is InChI=1S/C34H35N5S/c1-26(28-16-18-32(19-17-28)38-23-22-35-25-38)37-39-33(24-40-34(39)36-21-20-27-8-4-2-5-9-27)31-14-12-30(13-15-31)29-10-6-3-7-11-29/h2,4-5,8-9,12-19,22-25,29H,3,6-7,10-11,20-21H2,1H3. The highest BCUT2D eigenvalue weighted by atomic mass is 32.1. The fraction of sp³-hybridized carbons (Fsp3) is 0.265. The van der Waals surface area contributed by atoms with E-state index < -0.39 is 0 Å². The molecule has 0 aliphatic heterocycles. The van der Waals surface area contributed by atoms with Crippen LogP contribution >= 0.6 is 11.3 Å². The predicted molar refractivity (Wildman–Crippen MR) is 165 cm³/mol. The lowest BCUT2D eigenvalue weighted by Gasteiger charge is -2.22. The highest BCUT2D eigenvalue weighted by molar-refractivity contribution is 7.07. The van der Waals surface area contributed by atoms with Gasteiger partial charge < -0.3 is 4.57 Å². The number of hydrogen-bond acceptors (Lipinski definition) is 4. The summed E-state index contributed by atoms with van der Waals surface area (Å²) in [4.78, 5) is 10.1. The molecule has 3 aromatic carbocycles. The van der Waals surface area contributed by atoms with Gasteiger partial charge in [0.05, 0.1) is 17.7 Å². The largest absolute Gasteiger partial charge is 0.306 e. The monoisotopic (exact) mass is 545 g/mol. The lowest BCUT2D eigenvalue weighted by molar-refractivity contribution is 0.443. The topological polar surface area (TPSA) is 47.5 Å². The van der Waals surface area contributed by atoms with Crippen LogP contribution in [0.1, 0.15) is 61.6 Å². The fourth-order valence-corrected chi connectivity index (χ4v) is 6.34. The molecule has 1 aliphatic rings. The van der Waals surface area contributed by atoms with E-state index in [-0.39, 0.29) is 0 Å². The van der Waals surface area contributed by atoms with Gasteiger partial charge in [-0.1, -0.05) is 86.0 Å². The highest BCUT2D eigenvalue weighted by Crippen LogP contribution is 2.33. The zero-order chi connectivity index (χ0) is 27.1. The SMILES string of the molecule is CC(=Nn1c(-c2ccc(C3CCCCC3)cc2)csc1=NCCc1ccccc1)c1ccc(-n2ccnc2)cc1. The number of nitrogens with zero attached hydrogens (tertiary/aromatic N) is 5. The number of hydrogen-bond donors (Lipinski definition) is 0. The summed E-state index contributed by atoms with van der Waals surface area (Å²) in [5.41, 5.74) is 8.12. The Bertz CT molecular complexity index is 1600. The molecule has 1 saturated carbocycles. The maximum absolute atomic E-state index is 5.13. The van der Waals surface area contributed by atoms with Gasteiger partial charge in [0.2, 0.25) is 4.80 Å². The summed E-state index contributed by atoms with van der Waals surface area (Å²) in [6, 6.07) is 28.2. The van der Waals surface area contributed by atoms with Crippen molar-refractivity contribution in [3.05, 3.63) is 124 Å². The van der Waals surface area contributed by atoms with Crippen LogP contribution in [-0.4, -0.2) is 26.5 Å². The van der Waals surface area contributed by atoms with Gasteiger partial charge in [-0.05, 0) is 60.9 Å². The van der Waals surface area contributed by atoms with Gasteiger partial charge in [-0.2, -0.15) is 5.10 Å². The first kappa shape index (κ1) is 26.2. The van der Waals surface area contributed by atoms with Gasteiger partial charge in [-0.25, -0.2) is 9.66 Å². The summed E-state index contributed by atoms with van der Waals surface area (Å²) >= 11 is 1.66. The third-order valence-electron chi connectivity index (χ3n) is 7.80. The van der Waals surface area contributed by atoms with Gasteiger partial charge in [0.1, 0.15) is 0 Å². The van der Waals surface area contributed by atoms with Crippen molar-refractivity contribution in [3.63, 3.8) is 0 Å². The average molecular weight is 546 g/mol. The van der Waals surface area contributed by atoms with Gasteiger partial charge in [0.15, 0.2) is 0 Å². The van der Waals surface area contributed by atoms with Crippen LogP contribution in [0.15, 0.2) is 113 Å². The molecule has 0 bridgehead atoms. The zero-order valence-electron chi connectivity index (χ0n) is 23.0. The summed E-state index contributed by atoms with van der Waals surface area (Å²) < 4.78 is 4.03. The molecule has 6 heteroatoms. The molecule has 0 unspecified atom stereocenters. The van der Waals surface area contributed by atoms with E-state index >= 15 is 0 Å². The Hall–Kier alpha value is -4.03. The first-order valence-electron chi connectivity index (χ1n) is 14.2. The van der Waals surface area contributed by atoms with E-state index in [9.17, 15) is 0 Å². The van der Waals surface area contributed by atoms with Crippen molar-refractivity contribution in [1.82, 2.24) is 14.2 Å². The molecule has 0 spiro atoms. The number of thiazole rings is 1. The molecule has 202 valence electrons. The molecule has 0 radical (unpaired) electrons. The van der Waals surface area contributed by atoms with E-state index in [0.717, 1.165) is 40.4 Å². The third kappa shape index (κ3) is 6.07. The summed E-state index contributed by atoms with van der Waals surface area (Å²) in [6.07, 6.45) is 13.2. The van der Waals surface area contributed by atoms with Crippen LogP contribution < -0.4 is 4.80 Å². The highest BCUT2D eigenvalue weighted by Gasteiger charge is 2.16. The van der Waals surface area contributed by atoms with E-state index in [1.165, 1.54) is 48.8 Å². The Morgan fingerprint density at radius 2 is 1.70 bits per heavy atom. The molecule has 1 fully saturated rings. The Labute approximate surface area is 240 Å². The molecule has 0 saturated heterocycles. The van der Waals surface area contributed by atoms with Crippen molar-refractivity contribution in [3.8, 4) is 16.9 Å². The van der Waals surface area contributed by atoms with Crippen LogP contribution in [0, 0.1) is 0 Å². The predicted octanol–water partition coefficient (Wildman–Crippen LogP) is 7.87. The van der Waals surface area contributed by atoms with Gasteiger partial charge in [-0.3, -0.25) is 4.99 Å². The quantitative estimate of drug-likeness (QED) is 0.183. The fourth-order valence-electron chi connectivity index (χ4n) is 5.48. The summed E-state index contributed by atoms with van der Waals surface area (Å²) in [6.45, 7) is 2.79. The normalized spacial score (nSPS) is 15.0. The molecule has 2 heterocycles. The lowest BCUT2D eigenvalue weighted by atomic mass is 9.84. The summed E-state index contributed by atoms with van der Waals surface area (Å²) in [5.74, 6) is 0.700. The Morgan fingerprint density at radius 1 is 0.925 bits per heavy atom. The van der Waals surface area contributed by atoms with Crippen molar-refractivity contribution in [2.75, 3.05) is 6.54 Å². The molecule has 1 aliphatic carbocycles. The van der Waals surface area contributed by atoms with Crippen molar-refractivity contribution in [2.24, 2.45) is 10.1 Å². The molecule has 6 rings (SSSR count). The number of imidazole rings is 1. The molecule has 0 amide bonds. The molecule has 40 heavy (non-hydrogen) atoms. The van der Waals surface area contributed by atoms with E-state index in [0.29, 0.717) is 5.92 Å². The Morgan fingerprint density at radius 3 is 2.42 bits per heavy atom. The van der Waals surface area contributed by atoms with E-state index in [4.69, 9.17) is 10.1 Å². The first-order chi connectivity index (χ1) is 19.7. The summed E-state index contributed by atoms with van der Waals surface area (Å²) in [7, 11) is 0. The van der Waals surface area contributed by atoms with Crippen LogP contribution in [0.4, 0.5) is 0 Å². The maximum atomic E-state index is 5.13. The minimum atomic E-state index is 0.700. The second kappa shape index (κ2) is 12.4. The van der Waals surface area contributed by atoms with E-state index in [1.54, 1.807) is 17.5 Å². The second-order valence-electron chi connectivity index (χ2n) is 10.5. The molecule has 2 aromatic heterocycles. The second-order valence-corrected chi connectivity index (χ2v) is 11.3. The van der Waals surface area contributed by atoms with Gasteiger partial charge in [-0.15, -0.1) is 11.3 Å². The summed E-state index contributed by atoms with van der Waals surface area (Å²) in [5, 5.41) is 7.32. The van der Waals surface area contributed by atoms with Crippen molar-refractivity contribution >= 4 is 17.0 Å². The third-order valence-corrected chi connectivity index (χ3v) is 8.65. The van der Waals surface area contributed by atoms with Crippen LogP contribution in [0.3, 0.4) is 0 Å². The maximum Gasteiger partial charge on any atom is 0.206 e. The Balaban J connectivity index is 1.32. The Kier molecular flexibility index (Phi) is 8.15. The first-order valence-corrected chi connectivity index (χ1v) is 15.1. The van der Waals surface area contributed by atoms with Gasteiger partial charge >= 0.3 is 0 Å². The molecular weight excluding hydrogens is 510 g/mol. The number of aromatic nitrogens is 3. The molecule has 5 nitrogen and oxygen atoms in total. The molecule has 0 N–H and O–H groups in total. The number of benzene rings is 3. The van der Waals surface area contributed by atoms with Crippen molar-refractivity contribution in [2.45, 2.75) is 51.4 Å². The minimum absolute atomic E-state index is 0.700. The molecular formula is C34H35N5S. The lowest BCUT2D eigenvalue weighted by Crippen LogP contribution is -2.15. The van der Waals surface area contributed by atoms with Crippen molar-refractivity contribution in [1.29, 1.82) is 0 Å². The van der Waals surface area contributed by atoms with E-state index in [1.807, 2.05) is 21.8 Å². The minimum Gasteiger partial charge on any atom is -0.306 e. The van der Waals surface area contributed by atoms with Gasteiger partial charge in [0, 0.05) is 35.6 Å². The van der Waals surface area contributed by atoms with Crippen LogP contribution in [0.25, 0.3) is 16.9 Å². The van der Waals surface area contributed by atoms with Gasteiger partial charge in [0.25, 0.3) is 0 Å². The number of rotatable bonds is 8. The van der Waals surface area contributed by atoms with Crippen LogP contribution in [0.5, 0.6) is 0 Å². The zero-order valence-corrected chi connectivity index (χ0v) is 23.8.